The summed E-state index contributed by atoms with van der Waals surface area (Å²) in [6, 6.07) is 15.6. The number of likely N-dealkylation sites (N-methyl/N-ethyl adjacent to an activating group) is 2. The molecule has 0 aliphatic rings. The maximum Gasteiger partial charge on any atom is 0.417 e. The number of para-hydroxylation sites is 1. The van der Waals surface area contributed by atoms with E-state index in [0.29, 0.717) is 23.5 Å². The highest BCUT2D eigenvalue weighted by Gasteiger charge is 2.12. The molecule has 0 atom stereocenters. The molecule has 0 aromatic heterocycles. The van der Waals surface area contributed by atoms with Crippen LogP contribution in [0.2, 0.25) is 0 Å². The summed E-state index contributed by atoms with van der Waals surface area (Å²) in [4.78, 5) is 27.8. The van der Waals surface area contributed by atoms with E-state index >= 15 is 0 Å². The predicted molar refractivity (Wildman–Crippen MR) is 98.0 cm³/mol. The van der Waals surface area contributed by atoms with Gasteiger partial charge in [-0.05, 0) is 50.5 Å². The van der Waals surface area contributed by atoms with Crippen molar-refractivity contribution in [1.82, 2.24) is 9.80 Å². The first-order valence-corrected chi connectivity index (χ1v) is 8.00. The smallest absolute Gasteiger partial charge is 0.410 e. The van der Waals surface area contributed by atoms with E-state index < -0.39 is 6.09 Å². The summed E-state index contributed by atoms with van der Waals surface area (Å²) in [5.74, 6) is 0.308. The maximum absolute atomic E-state index is 12.3. The Balaban J connectivity index is 1.90. The minimum Gasteiger partial charge on any atom is -0.410 e. The fourth-order valence-corrected chi connectivity index (χ4v) is 2.11. The predicted octanol–water partition coefficient (Wildman–Crippen LogP) is 2.93. The number of benzene rings is 2. The Morgan fingerprint density at radius 2 is 1.56 bits per heavy atom. The number of rotatable bonds is 6. The molecule has 2 rings (SSSR count). The van der Waals surface area contributed by atoms with Gasteiger partial charge in [-0.2, -0.15) is 0 Å². The lowest BCUT2D eigenvalue weighted by Crippen LogP contribution is -2.33. The lowest BCUT2D eigenvalue weighted by Gasteiger charge is -2.19. The van der Waals surface area contributed by atoms with E-state index in [4.69, 9.17) is 4.74 Å². The van der Waals surface area contributed by atoms with Crippen LogP contribution < -0.4 is 10.1 Å². The summed E-state index contributed by atoms with van der Waals surface area (Å²) in [5.41, 5.74) is 1.21. The summed E-state index contributed by atoms with van der Waals surface area (Å²) in [6.07, 6.45) is -0.576. The molecule has 6 heteroatoms. The van der Waals surface area contributed by atoms with Gasteiger partial charge in [-0.15, -0.1) is 0 Å². The quantitative estimate of drug-likeness (QED) is 0.877. The molecule has 0 bridgehead atoms. The molecular formula is C19H23N3O3. The van der Waals surface area contributed by atoms with E-state index in [9.17, 15) is 9.59 Å². The van der Waals surface area contributed by atoms with Crippen molar-refractivity contribution in [2.24, 2.45) is 0 Å². The molecule has 0 fully saturated rings. The van der Waals surface area contributed by atoms with Crippen molar-refractivity contribution in [2.75, 3.05) is 39.5 Å². The van der Waals surface area contributed by atoms with E-state index in [1.165, 1.54) is 0 Å². The minimum atomic E-state index is -0.576. The van der Waals surface area contributed by atoms with Crippen LogP contribution in [0.1, 0.15) is 10.4 Å². The molecule has 25 heavy (non-hydrogen) atoms. The Bertz CT molecular complexity index is 700. The van der Waals surface area contributed by atoms with Crippen molar-refractivity contribution in [2.45, 2.75) is 0 Å². The number of hydrogen-bond acceptors (Lipinski definition) is 4. The average Bonchev–Trinajstić information content (AvgIpc) is 2.60. The van der Waals surface area contributed by atoms with Crippen molar-refractivity contribution >= 4 is 17.7 Å². The topological polar surface area (TPSA) is 61.9 Å². The second-order valence-electron chi connectivity index (χ2n) is 5.93. The zero-order chi connectivity index (χ0) is 18.2. The van der Waals surface area contributed by atoms with Crippen molar-refractivity contribution in [3.05, 3.63) is 60.2 Å². The molecule has 0 spiro atoms. The maximum atomic E-state index is 12.3. The molecule has 0 aliphatic heterocycles. The van der Waals surface area contributed by atoms with Gasteiger partial charge in [0.15, 0.2) is 0 Å². The highest BCUT2D eigenvalue weighted by molar-refractivity contribution is 5.94. The molecule has 132 valence electrons. The monoisotopic (exact) mass is 341 g/mol. The van der Waals surface area contributed by atoms with Gasteiger partial charge in [-0.1, -0.05) is 18.2 Å². The largest absolute Gasteiger partial charge is 0.417 e. The number of carbonyl (C=O) groups is 2. The van der Waals surface area contributed by atoms with Crippen LogP contribution in [0.25, 0.3) is 0 Å². The van der Waals surface area contributed by atoms with Crippen molar-refractivity contribution in [3.8, 4) is 5.75 Å². The summed E-state index contributed by atoms with van der Waals surface area (Å²) < 4.78 is 5.21. The van der Waals surface area contributed by atoms with Crippen molar-refractivity contribution in [1.29, 1.82) is 0 Å². The van der Waals surface area contributed by atoms with Gasteiger partial charge in [0.1, 0.15) is 5.75 Å². The summed E-state index contributed by atoms with van der Waals surface area (Å²) in [7, 11) is 5.69. The highest BCUT2D eigenvalue weighted by Crippen LogP contribution is 2.15. The number of amides is 2. The number of carbonyl (C=O) groups excluding carboxylic acids is 2. The van der Waals surface area contributed by atoms with Crippen LogP contribution in [0.4, 0.5) is 10.5 Å². The molecule has 2 amide bonds. The van der Waals surface area contributed by atoms with Crippen LogP contribution >= 0.6 is 0 Å². The van der Waals surface area contributed by atoms with Gasteiger partial charge in [0, 0.05) is 31.4 Å². The Morgan fingerprint density at radius 3 is 2.16 bits per heavy atom. The molecule has 0 aliphatic carbocycles. The lowest BCUT2D eigenvalue weighted by atomic mass is 10.2. The molecule has 6 nitrogen and oxygen atoms in total. The number of anilines is 1. The van der Waals surface area contributed by atoms with E-state index in [1.807, 2.05) is 37.2 Å². The summed E-state index contributed by atoms with van der Waals surface area (Å²) in [6.45, 7) is 1.44. The first-order valence-electron chi connectivity index (χ1n) is 8.00. The third-order valence-electron chi connectivity index (χ3n) is 3.56. The molecular weight excluding hydrogens is 318 g/mol. The number of hydrogen-bond donors (Lipinski definition) is 1. The summed E-state index contributed by atoms with van der Waals surface area (Å²) in [5, 5.41) is 2.63. The van der Waals surface area contributed by atoms with Crippen LogP contribution in [0.15, 0.2) is 54.6 Å². The molecule has 0 saturated heterocycles. The minimum absolute atomic E-state index is 0.0675. The number of nitrogens with one attached hydrogen (secondary N) is 1. The van der Waals surface area contributed by atoms with E-state index in [0.717, 1.165) is 6.54 Å². The van der Waals surface area contributed by atoms with Crippen molar-refractivity contribution < 1.29 is 14.3 Å². The summed E-state index contributed by atoms with van der Waals surface area (Å²) >= 11 is 0. The van der Waals surface area contributed by atoms with E-state index in [2.05, 4.69) is 5.32 Å². The molecule has 2 aromatic carbocycles. The third kappa shape index (κ3) is 5.93. The lowest BCUT2D eigenvalue weighted by molar-refractivity contribution is 0.0786. The standard InChI is InChI=1S/C19H23N3O3/c1-21(2)13-14-22(3)18(23)15-9-11-17(12-10-15)25-19(24)20-16-7-5-4-6-8-16/h4-12H,13-14H2,1-3H3,(H,20,24). The zero-order valence-electron chi connectivity index (χ0n) is 14.7. The SMILES string of the molecule is CN(C)CCN(C)C(=O)c1ccc(OC(=O)Nc2ccccc2)cc1. The van der Waals surface area contributed by atoms with Crippen molar-refractivity contribution in [3.63, 3.8) is 0 Å². The Morgan fingerprint density at radius 1 is 0.920 bits per heavy atom. The Hall–Kier alpha value is -2.86. The zero-order valence-corrected chi connectivity index (χ0v) is 14.7. The molecule has 0 heterocycles. The second-order valence-corrected chi connectivity index (χ2v) is 5.93. The van der Waals surface area contributed by atoms with Gasteiger partial charge in [-0.3, -0.25) is 10.1 Å². The van der Waals surface area contributed by atoms with Crippen LogP contribution in [0.3, 0.4) is 0 Å². The van der Waals surface area contributed by atoms with Gasteiger partial charge in [0.2, 0.25) is 0 Å². The van der Waals surface area contributed by atoms with Gasteiger partial charge in [-0.25, -0.2) is 4.79 Å². The number of ether oxygens (including phenoxy) is 1. The Labute approximate surface area is 148 Å². The number of nitrogens with zero attached hydrogens (tertiary/aromatic N) is 2. The fourth-order valence-electron chi connectivity index (χ4n) is 2.11. The van der Waals surface area contributed by atoms with Gasteiger partial charge >= 0.3 is 6.09 Å². The van der Waals surface area contributed by atoms with Crippen LogP contribution in [0.5, 0.6) is 5.75 Å². The fraction of sp³-hybridized carbons (Fsp3) is 0.263. The first-order chi connectivity index (χ1) is 12.0. The van der Waals surface area contributed by atoms with Crippen LogP contribution in [-0.4, -0.2) is 56.0 Å². The van der Waals surface area contributed by atoms with E-state index in [-0.39, 0.29) is 5.91 Å². The van der Waals surface area contributed by atoms with Gasteiger partial charge < -0.3 is 14.5 Å². The van der Waals surface area contributed by atoms with Gasteiger partial charge in [0.25, 0.3) is 5.91 Å². The molecule has 0 radical (unpaired) electrons. The molecule has 0 unspecified atom stereocenters. The normalized spacial score (nSPS) is 10.4. The van der Waals surface area contributed by atoms with Crippen LogP contribution in [-0.2, 0) is 0 Å². The second kappa shape index (κ2) is 8.84. The van der Waals surface area contributed by atoms with Crippen LogP contribution in [0, 0.1) is 0 Å². The first kappa shape index (κ1) is 18.5. The van der Waals surface area contributed by atoms with E-state index in [1.54, 1.807) is 48.3 Å². The third-order valence-corrected chi connectivity index (χ3v) is 3.56. The molecule has 2 aromatic rings. The van der Waals surface area contributed by atoms with Gasteiger partial charge in [0.05, 0.1) is 0 Å². The molecule has 0 saturated carbocycles. The molecule has 1 N–H and O–H groups in total. The highest BCUT2D eigenvalue weighted by atomic mass is 16.6. The Kier molecular flexibility index (Phi) is 6.54. The average molecular weight is 341 g/mol.